The second-order valence-electron chi connectivity index (χ2n) is 3.03. The molecule has 14 heavy (non-hydrogen) atoms. The van der Waals surface area contributed by atoms with Gasteiger partial charge in [0.1, 0.15) is 6.29 Å². The third-order valence-corrected chi connectivity index (χ3v) is 2.38. The van der Waals surface area contributed by atoms with Gasteiger partial charge in [-0.05, 0) is 24.1 Å². The molecule has 1 aromatic rings. The molecule has 0 saturated carbocycles. The van der Waals surface area contributed by atoms with E-state index in [0.29, 0.717) is 17.7 Å². The van der Waals surface area contributed by atoms with Gasteiger partial charge in [0.25, 0.3) is 0 Å². The zero-order valence-corrected chi connectivity index (χ0v) is 8.31. The minimum atomic E-state index is -0.883. The molecule has 0 aliphatic rings. The lowest BCUT2D eigenvalue weighted by molar-refractivity contribution is -0.110. The maximum absolute atomic E-state index is 12.8. The zero-order chi connectivity index (χ0) is 10.6. The Labute approximate surface area is 86.5 Å². The molecule has 0 fully saturated rings. The molecule has 0 saturated heterocycles. The second kappa shape index (κ2) is 5.10. The van der Waals surface area contributed by atoms with Crippen molar-refractivity contribution < 1.29 is 13.6 Å². The number of halogens is 2. The van der Waals surface area contributed by atoms with Gasteiger partial charge in [0.15, 0.2) is 11.6 Å². The predicted molar refractivity (Wildman–Crippen MR) is 53.5 cm³/mol. The van der Waals surface area contributed by atoms with E-state index in [9.17, 15) is 13.6 Å². The van der Waals surface area contributed by atoms with Crippen LogP contribution < -0.4 is 0 Å². The third-order valence-electron chi connectivity index (χ3n) is 1.91. The molecule has 1 aromatic carbocycles. The maximum atomic E-state index is 12.8. The van der Waals surface area contributed by atoms with E-state index >= 15 is 0 Å². The highest BCUT2D eigenvalue weighted by atomic mass is 32.1. The number of carbonyl (C=O) groups excluding carboxylic acids is 1. The Morgan fingerprint density at radius 3 is 2.57 bits per heavy atom. The molecule has 0 heterocycles. The highest BCUT2D eigenvalue weighted by Gasteiger charge is 2.08. The van der Waals surface area contributed by atoms with Crippen LogP contribution in [0.15, 0.2) is 18.2 Å². The van der Waals surface area contributed by atoms with Gasteiger partial charge in [-0.2, -0.15) is 12.6 Å². The fourth-order valence-corrected chi connectivity index (χ4v) is 1.34. The first kappa shape index (κ1) is 11.2. The average molecular weight is 216 g/mol. The van der Waals surface area contributed by atoms with Crippen molar-refractivity contribution in [3.63, 3.8) is 0 Å². The lowest BCUT2D eigenvalue weighted by Crippen LogP contribution is -2.08. The van der Waals surface area contributed by atoms with E-state index in [-0.39, 0.29) is 5.92 Å². The number of hydrogen-bond donors (Lipinski definition) is 1. The molecule has 1 rings (SSSR count). The highest BCUT2D eigenvalue weighted by Crippen LogP contribution is 2.12. The molecule has 0 aliphatic carbocycles. The van der Waals surface area contributed by atoms with Gasteiger partial charge in [-0.1, -0.05) is 6.07 Å². The molecule has 4 heteroatoms. The van der Waals surface area contributed by atoms with Crippen molar-refractivity contribution in [3.8, 4) is 0 Å². The first-order valence-corrected chi connectivity index (χ1v) is 4.80. The molecule has 0 spiro atoms. The average Bonchev–Trinajstić information content (AvgIpc) is 2.19. The van der Waals surface area contributed by atoms with E-state index in [1.165, 1.54) is 6.07 Å². The van der Waals surface area contributed by atoms with Gasteiger partial charge in [0, 0.05) is 11.7 Å². The van der Waals surface area contributed by atoms with E-state index < -0.39 is 11.6 Å². The van der Waals surface area contributed by atoms with E-state index in [0.717, 1.165) is 18.4 Å². The number of hydrogen-bond acceptors (Lipinski definition) is 2. The van der Waals surface area contributed by atoms with E-state index in [1.54, 1.807) is 0 Å². The topological polar surface area (TPSA) is 17.1 Å². The van der Waals surface area contributed by atoms with Crippen LogP contribution in [-0.2, 0) is 11.2 Å². The normalized spacial score (nSPS) is 12.5. The maximum Gasteiger partial charge on any atom is 0.159 e. The summed E-state index contributed by atoms with van der Waals surface area (Å²) in [6.45, 7) is 0. The molecule has 76 valence electrons. The van der Waals surface area contributed by atoms with Crippen molar-refractivity contribution in [3.05, 3.63) is 35.4 Å². The molecule has 0 aromatic heterocycles. The van der Waals surface area contributed by atoms with E-state index in [1.807, 2.05) is 0 Å². The number of rotatable bonds is 4. The van der Waals surface area contributed by atoms with Crippen molar-refractivity contribution in [2.45, 2.75) is 6.42 Å². The lowest BCUT2D eigenvalue weighted by Gasteiger charge is -2.06. The molecular weight excluding hydrogens is 206 g/mol. The molecule has 1 atom stereocenters. The van der Waals surface area contributed by atoms with Crippen LogP contribution in [0.4, 0.5) is 8.78 Å². The van der Waals surface area contributed by atoms with Gasteiger partial charge >= 0.3 is 0 Å². The van der Waals surface area contributed by atoms with Crippen molar-refractivity contribution in [2.75, 3.05) is 5.75 Å². The van der Waals surface area contributed by atoms with Crippen LogP contribution in [0.5, 0.6) is 0 Å². The molecule has 0 N–H and O–H groups in total. The third kappa shape index (κ3) is 2.80. The van der Waals surface area contributed by atoms with Gasteiger partial charge in [0.2, 0.25) is 0 Å². The molecule has 1 unspecified atom stereocenters. The molecule has 0 aliphatic heterocycles. The van der Waals surface area contributed by atoms with Gasteiger partial charge in [-0.15, -0.1) is 0 Å². The summed E-state index contributed by atoms with van der Waals surface area (Å²) in [5.41, 5.74) is 0.607. The van der Waals surface area contributed by atoms with Gasteiger partial charge in [0.05, 0.1) is 0 Å². The van der Waals surface area contributed by atoms with Crippen molar-refractivity contribution in [2.24, 2.45) is 5.92 Å². The van der Waals surface area contributed by atoms with E-state index in [2.05, 4.69) is 12.6 Å². The Kier molecular flexibility index (Phi) is 4.07. The van der Waals surface area contributed by atoms with Crippen molar-refractivity contribution in [1.82, 2.24) is 0 Å². The van der Waals surface area contributed by atoms with Crippen LogP contribution in [-0.4, -0.2) is 12.0 Å². The largest absolute Gasteiger partial charge is 0.303 e. The SMILES string of the molecule is O=CC(CS)Cc1ccc(F)c(F)c1. The molecule has 0 bridgehead atoms. The monoisotopic (exact) mass is 216 g/mol. The minimum Gasteiger partial charge on any atom is -0.303 e. The second-order valence-corrected chi connectivity index (χ2v) is 3.40. The van der Waals surface area contributed by atoms with Crippen LogP contribution >= 0.6 is 12.6 Å². The van der Waals surface area contributed by atoms with Crippen molar-refractivity contribution >= 4 is 18.9 Å². The summed E-state index contributed by atoms with van der Waals surface area (Å²) in [5, 5.41) is 0. The quantitative estimate of drug-likeness (QED) is 0.603. The van der Waals surface area contributed by atoms with Crippen LogP contribution in [0.2, 0.25) is 0 Å². The summed E-state index contributed by atoms with van der Waals surface area (Å²) in [6.07, 6.45) is 1.17. The van der Waals surface area contributed by atoms with Crippen molar-refractivity contribution in [1.29, 1.82) is 0 Å². The minimum absolute atomic E-state index is 0.247. The lowest BCUT2D eigenvalue weighted by atomic mass is 10.0. The smallest absolute Gasteiger partial charge is 0.159 e. The predicted octanol–water partition coefficient (Wildman–Crippen LogP) is 2.25. The Balaban J connectivity index is 2.76. The van der Waals surface area contributed by atoms with E-state index in [4.69, 9.17) is 0 Å². The van der Waals surface area contributed by atoms with Crippen LogP contribution in [0.3, 0.4) is 0 Å². The van der Waals surface area contributed by atoms with Crippen LogP contribution in [0.1, 0.15) is 5.56 Å². The number of carbonyl (C=O) groups is 1. The summed E-state index contributed by atoms with van der Waals surface area (Å²) < 4.78 is 25.3. The fourth-order valence-electron chi connectivity index (χ4n) is 1.13. The number of thiol groups is 1. The highest BCUT2D eigenvalue weighted by molar-refractivity contribution is 7.80. The first-order valence-electron chi connectivity index (χ1n) is 4.17. The van der Waals surface area contributed by atoms with Crippen LogP contribution in [0, 0.1) is 17.6 Å². The molecule has 1 nitrogen and oxygen atoms in total. The summed E-state index contributed by atoms with van der Waals surface area (Å²) in [6, 6.07) is 3.64. The molecule has 0 radical (unpaired) electrons. The number of aldehydes is 1. The summed E-state index contributed by atoms with van der Waals surface area (Å²) >= 11 is 3.97. The van der Waals surface area contributed by atoms with Gasteiger partial charge < -0.3 is 4.79 Å². The standard InChI is InChI=1S/C10H10F2OS/c11-9-2-1-7(4-10(9)12)3-8(5-13)6-14/h1-2,4-5,8,14H,3,6H2. The number of benzene rings is 1. The summed E-state index contributed by atoms with van der Waals surface area (Å²) in [4.78, 5) is 10.5. The van der Waals surface area contributed by atoms with Crippen LogP contribution in [0.25, 0.3) is 0 Å². The van der Waals surface area contributed by atoms with Gasteiger partial charge in [-0.25, -0.2) is 8.78 Å². The fraction of sp³-hybridized carbons (Fsp3) is 0.300. The zero-order valence-electron chi connectivity index (χ0n) is 7.41. The molecule has 0 amide bonds. The Morgan fingerprint density at radius 2 is 2.07 bits per heavy atom. The Bertz CT molecular complexity index is 328. The first-order chi connectivity index (χ1) is 6.67. The van der Waals surface area contributed by atoms with Gasteiger partial charge in [-0.3, -0.25) is 0 Å². The Hall–Kier alpha value is -0.900. The molecular formula is C10H10F2OS. The summed E-state index contributed by atoms with van der Waals surface area (Å²) in [5.74, 6) is -1.60. The Morgan fingerprint density at radius 1 is 1.36 bits per heavy atom. The summed E-state index contributed by atoms with van der Waals surface area (Å²) in [7, 11) is 0.